The number of anilines is 2. The molecule has 2 aliphatic heterocycles. The van der Waals surface area contributed by atoms with Gasteiger partial charge in [0.2, 0.25) is 15.9 Å². The van der Waals surface area contributed by atoms with Gasteiger partial charge in [-0.15, -0.1) is 10.3 Å². The maximum atomic E-state index is 14.3. The van der Waals surface area contributed by atoms with Crippen LogP contribution in [0.2, 0.25) is 0 Å². The van der Waals surface area contributed by atoms with E-state index in [9.17, 15) is 31.1 Å². The summed E-state index contributed by atoms with van der Waals surface area (Å²) < 4.78 is 69.9. The molecule has 206 valence electrons. The van der Waals surface area contributed by atoms with E-state index in [0.717, 1.165) is 37.6 Å². The molecule has 3 N–H and O–H groups in total. The van der Waals surface area contributed by atoms with Crippen LogP contribution in [-0.2, 0) is 31.4 Å². The summed E-state index contributed by atoms with van der Waals surface area (Å²) in [5.74, 6) is -1.79. The number of amides is 1. The van der Waals surface area contributed by atoms with Crippen molar-refractivity contribution in [1.29, 1.82) is 0 Å². The second-order valence-electron chi connectivity index (χ2n) is 10.5. The van der Waals surface area contributed by atoms with Gasteiger partial charge in [0.15, 0.2) is 5.84 Å². The first-order valence-electron chi connectivity index (χ1n) is 12.4. The molecular formula is C26H26FLiN4O6S2. The van der Waals surface area contributed by atoms with Gasteiger partial charge >= 0.3 is 18.9 Å². The number of aliphatic hydroxyl groups excluding tert-OH is 1. The van der Waals surface area contributed by atoms with Crippen LogP contribution in [0.3, 0.4) is 0 Å². The fraction of sp³-hybridized carbons (Fsp3) is 0.346. The van der Waals surface area contributed by atoms with Crippen LogP contribution < -0.4 is 28.9 Å². The van der Waals surface area contributed by atoms with Crippen LogP contribution in [0.4, 0.5) is 15.8 Å². The standard InChI is InChI=1S/C26H26FN4O6S2.Li/c1-13-3-4-14(9-18(13)27)12-31-23-16-6-5-15(10-16)21(23)24(32)22(26(31)33)25-28-19-8-7-17(29-38(2,34)35)11-20(19)39(36,37)30-25;/h3-4,7-9,11,15-16,21,29,32H,5-6,10,12H2,1-2H3,(H,28,30);/q-1;+1/t15-,16+,21+;/m0./s1. The topological polar surface area (TPSA) is 145 Å². The van der Waals surface area contributed by atoms with Crippen molar-refractivity contribution in [2.75, 3.05) is 16.3 Å². The zero-order chi connectivity index (χ0) is 27.9. The van der Waals surface area contributed by atoms with Crippen LogP contribution in [-0.4, -0.2) is 44.8 Å². The van der Waals surface area contributed by atoms with Crippen LogP contribution >= 0.6 is 0 Å². The molecule has 2 saturated carbocycles. The van der Waals surface area contributed by atoms with E-state index in [1.54, 1.807) is 24.0 Å². The van der Waals surface area contributed by atoms with Gasteiger partial charge in [-0.3, -0.25) is 9.52 Å². The minimum absolute atomic E-state index is 0. The number of carbonyl (C=O) groups excluding carboxylic acids is 1. The minimum atomic E-state index is -4.37. The number of amidine groups is 1. The molecule has 2 fully saturated rings. The van der Waals surface area contributed by atoms with E-state index >= 15 is 0 Å². The molecule has 10 nitrogen and oxygen atoms in total. The van der Waals surface area contributed by atoms with Crippen molar-refractivity contribution < 1.29 is 50.0 Å². The predicted octanol–water partition coefficient (Wildman–Crippen LogP) is 0.455. The van der Waals surface area contributed by atoms with Gasteiger partial charge in [-0.05, 0) is 42.3 Å². The number of halogens is 1. The molecule has 4 aliphatic rings. The number of carbonyl (C=O) groups is 1. The van der Waals surface area contributed by atoms with Gasteiger partial charge in [-0.2, -0.15) is 8.42 Å². The van der Waals surface area contributed by atoms with E-state index < -0.39 is 37.7 Å². The number of aliphatic hydroxyl groups is 1. The van der Waals surface area contributed by atoms with Crippen molar-refractivity contribution in [3.8, 4) is 0 Å². The van der Waals surface area contributed by atoms with Gasteiger partial charge in [0.25, 0.3) is 10.0 Å². The number of sulfonamides is 2. The Morgan fingerprint density at radius 2 is 1.98 bits per heavy atom. The third-order valence-electron chi connectivity index (χ3n) is 7.84. The van der Waals surface area contributed by atoms with Crippen molar-refractivity contribution in [2.24, 2.45) is 22.2 Å². The molecule has 14 heteroatoms. The van der Waals surface area contributed by atoms with Gasteiger partial charge < -0.3 is 15.3 Å². The van der Waals surface area contributed by atoms with E-state index in [2.05, 4.69) is 14.4 Å². The molecule has 0 radical (unpaired) electrons. The van der Waals surface area contributed by atoms with Crippen molar-refractivity contribution in [2.45, 2.75) is 37.6 Å². The average Bonchev–Trinajstić information content (AvgIpc) is 3.46. The van der Waals surface area contributed by atoms with Gasteiger partial charge in [0.1, 0.15) is 16.3 Å². The number of benzene rings is 2. The quantitative estimate of drug-likeness (QED) is 0.344. The van der Waals surface area contributed by atoms with E-state index in [4.69, 9.17) is 0 Å². The van der Waals surface area contributed by atoms with Crippen LogP contribution in [0, 0.1) is 36.5 Å². The third-order valence-corrected chi connectivity index (χ3v) is 9.77. The van der Waals surface area contributed by atoms with Gasteiger partial charge in [-0.25, -0.2) is 18.9 Å². The zero-order valence-corrected chi connectivity index (χ0v) is 23.7. The maximum absolute atomic E-state index is 14.3. The first-order chi connectivity index (χ1) is 18.3. The Morgan fingerprint density at radius 1 is 1.23 bits per heavy atom. The van der Waals surface area contributed by atoms with Crippen LogP contribution in [0.5, 0.6) is 0 Å². The van der Waals surface area contributed by atoms with Crippen LogP contribution in [0.15, 0.2) is 57.0 Å². The number of nitrogens with one attached hydrogen (secondary N) is 2. The fourth-order valence-corrected chi connectivity index (χ4v) is 7.90. The zero-order valence-electron chi connectivity index (χ0n) is 22.1. The molecule has 2 aromatic rings. The summed E-state index contributed by atoms with van der Waals surface area (Å²) in [6.45, 7) is 1.72. The van der Waals surface area contributed by atoms with E-state index in [0.29, 0.717) is 11.1 Å². The van der Waals surface area contributed by atoms with Crippen LogP contribution in [0.25, 0.3) is 0 Å². The molecule has 0 aromatic heterocycles. The SMILES string of the molecule is Cc1ccc(CN2C(=O)C(C3=NS(=O)(=O)c4cc(NS(C)(=O)=O)ccc4N3)=C(O)[C@H]3[C-]2[C@@H]2CC[C@H]3C2)cc1F.[Li+]. The average molecular weight is 581 g/mol. The molecule has 2 aromatic carbocycles. The number of fused-ring (bicyclic) bond motifs is 6. The normalized spacial score (nSPS) is 25.1. The second kappa shape index (κ2) is 9.90. The fourth-order valence-electron chi connectivity index (χ4n) is 6.20. The molecule has 0 spiro atoms. The minimum Gasteiger partial charge on any atom is -0.514 e. The first-order valence-corrected chi connectivity index (χ1v) is 15.8. The molecule has 0 saturated heterocycles. The largest absolute Gasteiger partial charge is 1.00 e. The molecule has 3 atom stereocenters. The van der Waals surface area contributed by atoms with Gasteiger partial charge in [0.05, 0.1) is 17.7 Å². The predicted molar refractivity (Wildman–Crippen MR) is 142 cm³/mol. The number of rotatable bonds is 5. The second-order valence-corrected chi connectivity index (χ2v) is 13.9. The molecule has 2 bridgehead atoms. The molecule has 6 rings (SSSR count). The van der Waals surface area contributed by atoms with Crippen molar-refractivity contribution >= 4 is 43.2 Å². The Kier molecular flexibility index (Phi) is 7.10. The monoisotopic (exact) mass is 580 g/mol. The molecule has 1 amide bonds. The summed E-state index contributed by atoms with van der Waals surface area (Å²) in [5.41, 5.74) is 0.933. The molecule has 0 unspecified atom stereocenters. The van der Waals surface area contributed by atoms with Crippen molar-refractivity contribution in [3.05, 3.63) is 70.7 Å². The molecule has 40 heavy (non-hydrogen) atoms. The summed E-state index contributed by atoms with van der Waals surface area (Å²) in [7, 11) is -8.02. The van der Waals surface area contributed by atoms with Crippen molar-refractivity contribution in [3.63, 3.8) is 0 Å². The summed E-state index contributed by atoms with van der Waals surface area (Å²) in [6, 6.07) is 9.42. The Labute approximate surface area is 244 Å². The van der Waals surface area contributed by atoms with Crippen molar-refractivity contribution in [1.82, 2.24) is 4.90 Å². The summed E-state index contributed by atoms with van der Waals surface area (Å²) in [6.07, 6.45) is 3.50. The number of hydrogen-bond acceptors (Lipinski definition) is 7. The maximum Gasteiger partial charge on any atom is 1.00 e. The van der Waals surface area contributed by atoms with E-state index in [1.165, 1.54) is 18.2 Å². The summed E-state index contributed by atoms with van der Waals surface area (Å²) >= 11 is 0. The Balaban J connectivity index is 0.00000323. The smallest absolute Gasteiger partial charge is 0.514 e. The molecular weight excluding hydrogens is 554 g/mol. The van der Waals surface area contributed by atoms with Gasteiger partial charge in [-0.1, -0.05) is 43.2 Å². The third kappa shape index (κ3) is 4.83. The Morgan fingerprint density at radius 3 is 2.67 bits per heavy atom. The number of aryl methyl sites for hydroxylation is 1. The number of hydrogen-bond donors (Lipinski definition) is 3. The molecule has 2 heterocycles. The Hall–Kier alpha value is -2.85. The van der Waals surface area contributed by atoms with E-state index in [-0.39, 0.29) is 70.7 Å². The van der Waals surface area contributed by atoms with Gasteiger partial charge in [0, 0.05) is 12.2 Å². The Bertz CT molecular complexity index is 1710. The number of nitrogens with zero attached hydrogens (tertiary/aromatic N) is 2. The summed E-state index contributed by atoms with van der Waals surface area (Å²) in [4.78, 5) is 15.2. The van der Waals surface area contributed by atoms with E-state index in [1.807, 2.05) is 0 Å². The summed E-state index contributed by atoms with van der Waals surface area (Å²) in [5, 5.41) is 14.3. The first kappa shape index (κ1) is 28.7. The molecule has 2 aliphatic carbocycles. The van der Waals surface area contributed by atoms with Crippen LogP contribution in [0.1, 0.15) is 30.4 Å².